The van der Waals surface area contributed by atoms with Crippen molar-refractivity contribution in [1.29, 1.82) is 0 Å². The number of hydrogen-bond acceptors (Lipinski definition) is 1. The van der Waals surface area contributed by atoms with Gasteiger partial charge in [-0.2, -0.15) is 0 Å². The van der Waals surface area contributed by atoms with E-state index in [9.17, 15) is 0 Å². The molecule has 1 N–H and O–H groups in total. The quantitative estimate of drug-likeness (QED) is 0.244. The van der Waals surface area contributed by atoms with Crippen LogP contribution in [-0.4, -0.2) is 0 Å². The maximum absolute atomic E-state index is 3.70. The summed E-state index contributed by atoms with van der Waals surface area (Å²) in [5, 5.41) is 11.5. The van der Waals surface area contributed by atoms with E-state index in [2.05, 4.69) is 152 Å². The van der Waals surface area contributed by atoms with Crippen molar-refractivity contribution in [3.63, 3.8) is 0 Å². The number of benzene rings is 7. The molecule has 0 amide bonds. The van der Waals surface area contributed by atoms with Crippen LogP contribution < -0.4 is 5.32 Å². The minimum absolute atomic E-state index is 1.08. The summed E-state index contributed by atoms with van der Waals surface area (Å²) in [7, 11) is 0. The van der Waals surface area contributed by atoms with Gasteiger partial charge in [0.25, 0.3) is 0 Å². The van der Waals surface area contributed by atoms with Crippen molar-refractivity contribution in [2.24, 2.45) is 0 Å². The molecule has 38 heavy (non-hydrogen) atoms. The second-order valence-corrected chi connectivity index (χ2v) is 9.92. The number of nitrogens with one attached hydrogen (secondary N) is 1. The monoisotopic (exact) mass is 485 g/mol. The molecule has 0 atom stereocenters. The first-order chi connectivity index (χ1) is 18.8. The second kappa shape index (κ2) is 9.21. The van der Waals surface area contributed by atoms with Gasteiger partial charge in [-0.25, -0.2) is 0 Å². The average molecular weight is 486 g/mol. The van der Waals surface area contributed by atoms with E-state index in [0.717, 1.165) is 11.4 Å². The Kier molecular flexibility index (Phi) is 5.41. The first kappa shape index (κ1) is 22.3. The molecule has 0 radical (unpaired) electrons. The minimum Gasteiger partial charge on any atom is -0.355 e. The third-order valence-corrected chi connectivity index (χ3v) is 7.58. The van der Waals surface area contributed by atoms with E-state index in [0.29, 0.717) is 0 Å². The van der Waals surface area contributed by atoms with Crippen LogP contribution in [-0.2, 0) is 0 Å². The average Bonchev–Trinajstić information content (AvgIpc) is 2.98. The normalized spacial score (nSPS) is 11.3. The number of rotatable bonds is 4. The molecule has 1 heteroatoms. The zero-order valence-electron chi connectivity index (χ0n) is 21.3. The third-order valence-electron chi connectivity index (χ3n) is 7.58. The van der Waals surface area contributed by atoms with Crippen LogP contribution in [0.2, 0.25) is 0 Å². The molecule has 0 bridgehead atoms. The van der Waals surface area contributed by atoms with E-state index in [-0.39, 0.29) is 0 Å². The van der Waals surface area contributed by atoms with Gasteiger partial charge < -0.3 is 5.32 Å². The number of para-hydroxylation sites is 1. The van der Waals surface area contributed by atoms with E-state index in [1.54, 1.807) is 0 Å². The van der Waals surface area contributed by atoms with Crippen LogP contribution in [0.5, 0.6) is 0 Å². The van der Waals surface area contributed by atoms with Crippen LogP contribution in [0, 0.1) is 6.92 Å². The lowest BCUT2D eigenvalue weighted by Crippen LogP contribution is -1.94. The van der Waals surface area contributed by atoms with Crippen LogP contribution in [0.25, 0.3) is 54.6 Å². The maximum atomic E-state index is 3.70. The van der Waals surface area contributed by atoms with Crippen LogP contribution in [0.1, 0.15) is 5.56 Å². The SMILES string of the molecule is Cc1ccccc1-c1ccccc1Nc1cccc(-c2ccc3c4ccccc4c4ccccc4c3c2)c1. The van der Waals surface area contributed by atoms with Gasteiger partial charge in [-0.3, -0.25) is 0 Å². The fourth-order valence-corrected chi connectivity index (χ4v) is 5.72. The highest BCUT2D eigenvalue weighted by molar-refractivity contribution is 6.25. The van der Waals surface area contributed by atoms with Gasteiger partial charge in [-0.15, -0.1) is 0 Å². The smallest absolute Gasteiger partial charge is 0.0464 e. The Morgan fingerprint density at radius 3 is 1.66 bits per heavy atom. The largest absolute Gasteiger partial charge is 0.355 e. The standard InChI is InChI=1S/C37H27N/c1-25-11-2-3-14-29(25)35-19-8-9-20-37(35)38-28-13-10-12-26(23-28)27-21-22-34-32-17-5-4-15-30(32)31-16-6-7-18-33(31)36(34)24-27/h2-24,38H,1H3. The Balaban J connectivity index is 1.32. The topological polar surface area (TPSA) is 12.0 Å². The number of aryl methyl sites for hydroxylation is 1. The van der Waals surface area contributed by atoms with E-state index in [4.69, 9.17) is 0 Å². The Morgan fingerprint density at radius 2 is 0.947 bits per heavy atom. The summed E-state index contributed by atoms with van der Waals surface area (Å²) < 4.78 is 0. The molecule has 180 valence electrons. The molecule has 7 aromatic rings. The van der Waals surface area contributed by atoms with Gasteiger partial charge in [0.1, 0.15) is 0 Å². The fraction of sp³-hybridized carbons (Fsp3) is 0.0270. The molecule has 0 aliphatic rings. The zero-order valence-corrected chi connectivity index (χ0v) is 21.3. The van der Waals surface area contributed by atoms with E-state index < -0.39 is 0 Å². The van der Waals surface area contributed by atoms with Crippen molar-refractivity contribution in [2.45, 2.75) is 6.92 Å². The summed E-state index contributed by atoms with van der Waals surface area (Å²) in [5.41, 5.74) is 8.32. The Morgan fingerprint density at radius 1 is 0.395 bits per heavy atom. The van der Waals surface area contributed by atoms with Crippen molar-refractivity contribution in [2.75, 3.05) is 5.32 Å². The van der Waals surface area contributed by atoms with Crippen LogP contribution in [0.4, 0.5) is 11.4 Å². The number of fused-ring (bicyclic) bond motifs is 6. The van der Waals surface area contributed by atoms with Gasteiger partial charge in [0.2, 0.25) is 0 Å². The molecule has 0 heterocycles. The van der Waals surface area contributed by atoms with E-state index in [1.807, 2.05) is 0 Å². The summed E-state index contributed by atoms with van der Waals surface area (Å²) in [5.74, 6) is 0. The molecule has 0 aromatic heterocycles. The first-order valence-corrected chi connectivity index (χ1v) is 13.1. The van der Waals surface area contributed by atoms with Crippen LogP contribution in [0.3, 0.4) is 0 Å². The molecule has 7 aromatic carbocycles. The summed E-state index contributed by atoms with van der Waals surface area (Å²) in [6, 6.07) is 50.2. The first-order valence-electron chi connectivity index (χ1n) is 13.1. The molecule has 0 spiro atoms. The highest BCUT2D eigenvalue weighted by Crippen LogP contribution is 2.38. The number of hydrogen-bond donors (Lipinski definition) is 1. The number of anilines is 2. The van der Waals surface area contributed by atoms with Gasteiger partial charge in [-0.1, -0.05) is 115 Å². The molecule has 0 saturated carbocycles. The molecule has 0 unspecified atom stereocenters. The zero-order chi connectivity index (χ0) is 25.5. The van der Waals surface area contributed by atoms with Crippen LogP contribution >= 0.6 is 0 Å². The van der Waals surface area contributed by atoms with Gasteiger partial charge in [0.05, 0.1) is 0 Å². The highest BCUT2D eigenvalue weighted by Gasteiger charge is 2.11. The molecule has 1 nitrogen and oxygen atoms in total. The van der Waals surface area contributed by atoms with E-state index in [1.165, 1.54) is 60.1 Å². The maximum Gasteiger partial charge on any atom is 0.0464 e. The van der Waals surface area contributed by atoms with Crippen LogP contribution in [0.15, 0.2) is 140 Å². The predicted octanol–water partition coefficient (Wildman–Crippen LogP) is 10.5. The lowest BCUT2D eigenvalue weighted by atomic mass is 9.92. The molecule has 0 saturated heterocycles. The van der Waals surface area contributed by atoms with E-state index >= 15 is 0 Å². The lowest BCUT2D eigenvalue weighted by Gasteiger charge is -2.15. The predicted molar refractivity (Wildman–Crippen MR) is 164 cm³/mol. The molecule has 0 aliphatic carbocycles. The van der Waals surface area contributed by atoms with Gasteiger partial charge >= 0.3 is 0 Å². The second-order valence-electron chi connectivity index (χ2n) is 9.92. The van der Waals surface area contributed by atoms with Crippen molar-refractivity contribution in [1.82, 2.24) is 0 Å². The third kappa shape index (κ3) is 3.81. The Hall–Kier alpha value is -4.88. The van der Waals surface area contributed by atoms with Crippen molar-refractivity contribution in [3.8, 4) is 22.3 Å². The lowest BCUT2D eigenvalue weighted by molar-refractivity contribution is 1.45. The summed E-state index contributed by atoms with van der Waals surface area (Å²) >= 11 is 0. The summed E-state index contributed by atoms with van der Waals surface area (Å²) in [6.45, 7) is 2.17. The summed E-state index contributed by atoms with van der Waals surface area (Å²) in [6.07, 6.45) is 0. The molecular weight excluding hydrogens is 458 g/mol. The minimum atomic E-state index is 1.08. The van der Waals surface area contributed by atoms with Gasteiger partial charge in [-0.05, 0) is 85.8 Å². The van der Waals surface area contributed by atoms with Gasteiger partial charge in [0.15, 0.2) is 0 Å². The fourth-order valence-electron chi connectivity index (χ4n) is 5.72. The molecule has 0 fully saturated rings. The van der Waals surface area contributed by atoms with Crippen molar-refractivity contribution < 1.29 is 0 Å². The van der Waals surface area contributed by atoms with Crippen molar-refractivity contribution in [3.05, 3.63) is 145 Å². The Labute approximate surface area is 223 Å². The molecule has 7 rings (SSSR count). The molecular formula is C37H27N. The Bertz CT molecular complexity index is 1930. The molecule has 0 aliphatic heterocycles. The highest BCUT2D eigenvalue weighted by atomic mass is 14.9. The van der Waals surface area contributed by atoms with Crippen molar-refractivity contribution >= 4 is 43.7 Å². The van der Waals surface area contributed by atoms with Gasteiger partial charge in [0, 0.05) is 16.9 Å². The summed E-state index contributed by atoms with van der Waals surface area (Å²) in [4.78, 5) is 0.